The number of nitrogens with one attached hydrogen (secondary N) is 1. The van der Waals surface area contributed by atoms with Crippen LogP contribution in [0.1, 0.15) is 5.56 Å². The van der Waals surface area contributed by atoms with Gasteiger partial charge in [-0.3, -0.25) is 4.90 Å². The molecule has 0 aliphatic carbocycles. The van der Waals surface area contributed by atoms with Gasteiger partial charge in [0.05, 0.1) is 0 Å². The van der Waals surface area contributed by atoms with Crippen molar-refractivity contribution in [2.24, 2.45) is 11.8 Å². The fraction of sp³-hybridized carbons (Fsp3) is 0.538. The van der Waals surface area contributed by atoms with Gasteiger partial charge in [0.1, 0.15) is 5.82 Å². The molecule has 2 heterocycles. The molecule has 2 nitrogen and oxygen atoms in total. The van der Waals surface area contributed by atoms with Crippen LogP contribution in [0.5, 0.6) is 0 Å². The van der Waals surface area contributed by atoms with E-state index >= 15 is 0 Å². The van der Waals surface area contributed by atoms with E-state index < -0.39 is 0 Å². The van der Waals surface area contributed by atoms with E-state index in [2.05, 4.69) is 26.1 Å². The van der Waals surface area contributed by atoms with E-state index in [1.54, 1.807) is 12.1 Å². The molecule has 2 aliphatic heterocycles. The average molecular weight is 299 g/mol. The second-order valence-corrected chi connectivity index (χ2v) is 5.93. The van der Waals surface area contributed by atoms with Crippen LogP contribution in [0, 0.1) is 17.7 Å². The van der Waals surface area contributed by atoms with Crippen LogP contribution in [0.3, 0.4) is 0 Å². The molecule has 2 atom stereocenters. The van der Waals surface area contributed by atoms with E-state index in [-0.39, 0.29) is 5.82 Å². The third kappa shape index (κ3) is 2.26. The minimum atomic E-state index is -0.102. The van der Waals surface area contributed by atoms with E-state index in [4.69, 9.17) is 0 Å². The quantitative estimate of drug-likeness (QED) is 0.901. The Labute approximate surface area is 109 Å². The maximum absolute atomic E-state index is 13.7. The third-order valence-corrected chi connectivity index (χ3v) is 4.65. The van der Waals surface area contributed by atoms with Crippen LogP contribution in [0.4, 0.5) is 4.39 Å². The second kappa shape index (κ2) is 4.67. The van der Waals surface area contributed by atoms with E-state index in [0.29, 0.717) is 0 Å². The summed E-state index contributed by atoms with van der Waals surface area (Å²) >= 11 is 3.44. The standard InChI is InChI=1S/C13H16BrFN2/c14-12-2-1-3-13(15)11(12)8-17-6-9-4-16-5-10(9)7-17/h1-3,9-10,16H,4-8H2/t9-,10+. The topological polar surface area (TPSA) is 15.3 Å². The first-order valence-electron chi connectivity index (χ1n) is 6.10. The van der Waals surface area contributed by atoms with Crippen molar-refractivity contribution in [2.75, 3.05) is 26.2 Å². The molecular weight excluding hydrogens is 283 g/mol. The van der Waals surface area contributed by atoms with Crippen LogP contribution >= 0.6 is 15.9 Å². The first kappa shape index (κ1) is 11.6. The normalized spacial score (nSPS) is 28.6. The van der Waals surface area contributed by atoms with Gasteiger partial charge < -0.3 is 5.32 Å². The van der Waals surface area contributed by atoms with Crippen molar-refractivity contribution in [2.45, 2.75) is 6.54 Å². The summed E-state index contributed by atoms with van der Waals surface area (Å²) in [6.07, 6.45) is 0. The zero-order chi connectivity index (χ0) is 11.8. The van der Waals surface area contributed by atoms with E-state index in [1.807, 2.05) is 6.07 Å². The largest absolute Gasteiger partial charge is 0.316 e. The first-order chi connectivity index (χ1) is 8.24. The highest BCUT2D eigenvalue weighted by Crippen LogP contribution is 2.29. The Hall–Kier alpha value is -0.450. The van der Waals surface area contributed by atoms with Gasteiger partial charge in [0.15, 0.2) is 0 Å². The molecule has 0 radical (unpaired) electrons. The Balaban J connectivity index is 1.72. The Kier molecular flexibility index (Phi) is 3.19. The number of hydrogen-bond donors (Lipinski definition) is 1. The van der Waals surface area contributed by atoms with Gasteiger partial charge in [0.25, 0.3) is 0 Å². The Bertz CT molecular complexity index is 392. The SMILES string of the molecule is Fc1cccc(Br)c1CN1C[C@H]2CNC[C@H]2C1. The summed E-state index contributed by atoms with van der Waals surface area (Å²) in [5.74, 6) is 1.43. The third-order valence-electron chi connectivity index (χ3n) is 3.91. The first-order valence-corrected chi connectivity index (χ1v) is 6.89. The molecule has 0 bridgehead atoms. The number of nitrogens with zero attached hydrogens (tertiary/aromatic N) is 1. The number of fused-ring (bicyclic) bond motifs is 1. The van der Waals surface area contributed by atoms with Gasteiger partial charge in [-0.15, -0.1) is 0 Å². The maximum atomic E-state index is 13.7. The summed E-state index contributed by atoms with van der Waals surface area (Å²) in [5, 5.41) is 3.42. The fourth-order valence-electron chi connectivity index (χ4n) is 2.99. The van der Waals surface area contributed by atoms with Crippen LogP contribution in [-0.4, -0.2) is 31.1 Å². The van der Waals surface area contributed by atoms with Crippen LogP contribution < -0.4 is 5.32 Å². The molecule has 1 aromatic carbocycles. The molecule has 0 aromatic heterocycles. The minimum absolute atomic E-state index is 0.102. The van der Waals surface area contributed by atoms with Crippen LogP contribution in [0.2, 0.25) is 0 Å². The molecule has 0 spiro atoms. The lowest BCUT2D eigenvalue weighted by molar-refractivity contribution is 0.300. The zero-order valence-electron chi connectivity index (χ0n) is 9.63. The summed E-state index contributed by atoms with van der Waals surface area (Å²) in [6, 6.07) is 5.20. The molecule has 0 amide bonds. The second-order valence-electron chi connectivity index (χ2n) is 5.07. The van der Waals surface area contributed by atoms with Crippen LogP contribution in [0.15, 0.2) is 22.7 Å². The summed E-state index contributed by atoms with van der Waals surface area (Å²) in [7, 11) is 0. The van der Waals surface area contributed by atoms with Crippen molar-refractivity contribution in [1.29, 1.82) is 0 Å². The lowest BCUT2D eigenvalue weighted by Crippen LogP contribution is -2.26. The van der Waals surface area contributed by atoms with Crippen molar-refractivity contribution >= 4 is 15.9 Å². The molecule has 4 heteroatoms. The van der Waals surface area contributed by atoms with Crippen molar-refractivity contribution in [3.05, 3.63) is 34.1 Å². The number of benzene rings is 1. The van der Waals surface area contributed by atoms with Gasteiger partial charge in [0.2, 0.25) is 0 Å². The molecule has 2 fully saturated rings. The average Bonchev–Trinajstić information content (AvgIpc) is 2.83. The Morgan fingerprint density at radius 3 is 2.65 bits per heavy atom. The predicted molar refractivity (Wildman–Crippen MR) is 69.2 cm³/mol. The lowest BCUT2D eigenvalue weighted by Gasteiger charge is -2.18. The van der Waals surface area contributed by atoms with Gasteiger partial charge in [-0.25, -0.2) is 4.39 Å². The predicted octanol–water partition coefficient (Wildman–Crippen LogP) is 2.24. The number of likely N-dealkylation sites (tertiary alicyclic amines) is 1. The van der Waals surface area contributed by atoms with Crippen molar-refractivity contribution < 1.29 is 4.39 Å². The Morgan fingerprint density at radius 2 is 2.00 bits per heavy atom. The molecule has 2 aliphatic rings. The smallest absolute Gasteiger partial charge is 0.128 e. The van der Waals surface area contributed by atoms with Crippen molar-refractivity contribution in [3.8, 4) is 0 Å². The summed E-state index contributed by atoms with van der Waals surface area (Å²) < 4.78 is 14.6. The molecule has 1 aromatic rings. The maximum Gasteiger partial charge on any atom is 0.128 e. The molecule has 1 N–H and O–H groups in total. The number of halogens is 2. The highest BCUT2D eigenvalue weighted by Gasteiger charge is 2.36. The zero-order valence-corrected chi connectivity index (χ0v) is 11.2. The Morgan fingerprint density at radius 1 is 1.29 bits per heavy atom. The van der Waals surface area contributed by atoms with E-state index in [9.17, 15) is 4.39 Å². The van der Waals surface area contributed by atoms with Gasteiger partial charge in [0, 0.05) is 29.7 Å². The highest BCUT2D eigenvalue weighted by molar-refractivity contribution is 9.10. The van der Waals surface area contributed by atoms with Crippen LogP contribution in [0.25, 0.3) is 0 Å². The summed E-state index contributed by atoms with van der Waals surface area (Å²) in [4.78, 5) is 2.37. The van der Waals surface area contributed by atoms with Gasteiger partial charge in [-0.1, -0.05) is 22.0 Å². The lowest BCUT2D eigenvalue weighted by atomic mass is 10.0. The van der Waals surface area contributed by atoms with Gasteiger partial charge >= 0.3 is 0 Å². The number of hydrogen-bond acceptors (Lipinski definition) is 2. The fourth-order valence-corrected chi connectivity index (χ4v) is 3.46. The van der Waals surface area contributed by atoms with Crippen molar-refractivity contribution in [3.63, 3.8) is 0 Å². The monoisotopic (exact) mass is 298 g/mol. The summed E-state index contributed by atoms with van der Waals surface area (Å²) in [6.45, 7) is 5.16. The van der Waals surface area contributed by atoms with Crippen LogP contribution in [-0.2, 0) is 6.54 Å². The van der Waals surface area contributed by atoms with Crippen molar-refractivity contribution in [1.82, 2.24) is 10.2 Å². The molecular formula is C13H16BrFN2. The molecule has 2 saturated heterocycles. The molecule has 0 unspecified atom stereocenters. The molecule has 17 heavy (non-hydrogen) atoms. The summed E-state index contributed by atoms with van der Waals surface area (Å²) in [5.41, 5.74) is 0.792. The van der Waals surface area contributed by atoms with E-state index in [1.165, 1.54) is 0 Å². The minimum Gasteiger partial charge on any atom is -0.316 e. The molecule has 0 saturated carbocycles. The molecule has 92 valence electrons. The molecule has 3 rings (SSSR count). The highest BCUT2D eigenvalue weighted by atomic mass is 79.9. The van der Waals surface area contributed by atoms with E-state index in [0.717, 1.165) is 54.6 Å². The van der Waals surface area contributed by atoms with Gasteiger partial charge in [-0.05, 0) is 37.1 Å². The van der Waals surface area contributed by atoms with Gasteiger partial charge in [-0.2, -0.15) is 0 Å². The number of rotatable bonds is 2.